The molecule has 111 valence electrons. The second kappa shape index (κ2) is 7.99. The lowest BCUT2D eigenvalue weighted by molar-refractivity contribution is 0.875. The van der Waals surface area contributed by atoms with E-state index in [4.69, 9.17) is 0 Å². The van der Waals surface area contributed by atoms with Crippen LogP contribution >= 0.6 is 22.6 Å². The summed E-state index contributed by atoms with van der Waals surface area (Å²) in [6.07, 6.45) is 2.82. The highest BCUT2D eigenvalue weighted by Crippen LogP contribution is 2.26. The molecule has 0 atom stereocenters. The molecule has 1 aromatic heterocycles. The summed E-state index contributed by atoms with van der Waals surface area (Å²) in [6, 6.07) is 16.4. The first-order valence-electron chi connectivity index (χ1n) is 7.57. The molecule has 2 aromatic carbocycles. The van der Waals surface area contributed by atoms with Gasteiger partial charge < -0.3 is 4.98 Å². The quantitative estimate of drug-likeness (QED) is 0.378. The van der Waals surface area contributed by atoms with Crippen LogP contribution in [0.25, 0.3) is 21.8 Å². The number of hydrogen-bond acceptors (Lipinski definition) is 0. The van der Waals surface area contributed by atoms with Crippen LogP contribution in [0.2, 0.25) is 19.1 Å². The van der Waals surface area contributed by atoms with Gasteiger partial charge in [0, 0.05) is 34.2 Å². The van der Waals surface area contributed by atoms with Crippen LogP contribution in [-0.4, -0.2) is 13.8 Å². The summed E-state index contributed by atoms with van der Waals surface area (Å²) in [5.74, 6) is 0. The van der Waals surface area contributed by atoms with Crippen molar-refractivity contribution in [3.05, 3.63) is 46.0 Å². The number of para-hydroxylation sites is 1. The fourth-order valence-corrected chi connectivity index (χ4v) is 3.90. The van der Waals surface area contributed by atoms with E-state index in [9.17, 15) is 0 Å². The number of H-pyrrole nitrogens is 1. The van der Waals surface area contributed by atoms with E-state index < -0.39 is 0 Å². The third-order valence-electron chi connectivity index (χ3n) is 3.50. The maximum Gasteiger partial charge on any atom is 0.0465 e. The van der Waals surface area contributed by atoms with Crippen molar-refractivity contribution in [3.63, 3.8) is 0 Å². The molecule has 0 unspecified atom stereocenters. The van der Waals surface area contributed by atoms with Gasteiger partial charge in [-0.25, -0.2) is 0 Å². The van der Waals surface area contributed by atoms with Crippen molar-refractivity contribution in [2.75, 3.05) is 0 Å². The van der Waals surface area contributed by atoms with Crippen LogP contribution in [0.3, 0.4) is 0 Å². The molecule has 21 heavy (non-hydrogen) atoms. The van der Waals surface area contributed by atoms with E-state index in [1.807, 2.05) is 0 Å². The van der Waals surface area contributed by atoms with Gasteiger partial charge >= 0.3 is 0 Å². The summed E-state index contributed by atoms with van der Waals surface area (Å²) >= 11 is 2.34. The molecule has 0 aliphatic carbocycles. The SMILES string of the molecule is CCCC[Si](C)C.Ic1ccc2[nH]c3ccccc3c2c1. The van der Waals surface area contributed by atoms with Gasteiger partial charge in [0.05, 0.1) is 0 Å². The topological polar surface area (TPSA) is 15.8 Å². The largest absolute Gasteiger partial charge is 0.355 e. The third kappa shape index (κ3) is 4.58. The number of rotatable bonds is 3. The van der Waals surface area contributed by atoms with Crippen molar-refractivity contribution < 1.29 is 0 Å². The predicted molar refractivity (Wildman–Crippen MR) is 106 cm³/mol. The van der Waals surface area contributed by atoms with E-state index in [1.54, 1.807) is 0 Å². The van der Waals surface area contributed by atoms with Crippen LogP contribution < -0.4 is 0 Å². The molecular weight excluding hydrogens is 385 g/mol. The van der Waals surface area contributed by atoms with E-state index in [0.29, 0.717) is 0 Å². The zero-order chi connectivity index (χ0) is 15.2. The molecule has 1 N–H and O–H groups in total. The molecule has 3 heteroatoms. The maximum atomic E-state index is 3.40. The average Bonchev–Trinajstić information content (AvgIpc) is 2.84. The highest BCUT2D eigenvalue weighted by molar-refractivity contribution is 14.1. The third-order valence-corrected chi connectivity index (χ3v) is 5.52. The second-order valence-electron chi connectivity index (χ2n) is 5.67. The molecule has 1 heterocycles. The number of benzene rings is 2. The first kappa shape index (κ1) is 16.6. The molecule has 0 spiro atoms. The van der Waals surface area contributed by atoms with Crippen LogP contribution in [0.15, 0.2) is 42.5 Å². The molecule has 0 saturated carbocycles. The summed E-state index contributed by atoms with van der Waals surface area (Å²) in [4.78, 5) is 3.40. The first-order valence-corrected chi connectivity index (χ1v) is 11.4. The number of halogens is 1. The molecule has 0 bridgehead atoms. The van der Waals surface area contributed by atoms with Gasteiger partial charge in [0.1, 0.15) is 0 Å². The van der Waals surface area contributed by atoms with Gasteiger partial charge in [0.15, 0.2) is 0 Å². The standard InChI is InChI=1S/C12H8IN.C6H15Si/c13-8-5-6-12-10(7-8)9-3-1-2-4-11(9)14-12;1-4-5-6-7(2)3/h1-7,14H;4-6H2,1-3H3. The Morgan fingerprint density at radius 3 is 2.38 bits per heavy atom. The zero-order valence-corrected chi connectivity index (χ0v) is 16.2. The number of aromatic nitrogens is 1. The molecular formula is C18H23INSi. The first-order chi connectivity index (χ1) is 10.1. The van der Waals surface area contributed by atoms with Gasteiger partial charge in [-0.3, -0.25) is 0 Å². The maximum absolute atomic E-state index is 3.40. The number of fused-ring (bicyclic) bond motifs is 3. The molecule has 0 fully saturated rings. The second-order valence-corrected chi connectivity index (χ2v) is 9.83. The molecule has 0 saturated heterocycles. The average molecular weight is 408 g/mol. The van der Waals surface area contributed by atoms with Crippen LogP contribution in [0.1, 0.15) is 19.8 Å². The van der Waals surface area contributed by atoms with Crippen LogP contribution in [0.5, 0.6) is 0 Å². The smallest absolute Gasteiger partial charge is 0.0465 e. The van der Waals surface area contributed by atoms with Gasteiger partial charge in [-0.05, 0) is 46.9 Å². The monoisotopic (exact) mass is 408 g/mol. The van der Waals surface area contributed by atoms with Gasteiger partial charge in [-0.1, -0.05) is 57.1 Å². The van der Waals surface area contributed by atoms with E-state index in [2.05, 4.69) is 90.1 Å². The summed E-state index contributed by atoms with van der Waals surface area (Å²) in [5.41, 5.74) is 2.43. The molecule has 3 aromatic rings. The molecule has 0 aliphatic heterocycles. The summed E-state index contributed by atoms with van der Waals surface area (Å²) in [7, 11) is 0.103. The minimum Gasteiger partial charge on any atom is -0.355 e. The number of nitrogens with one attached hydrogen (secondary N) is 1. The lowest BCUT2D eigenvalue weighted by atomic mass is 10.2. The van der Waals surface area contributed by atoms with E-state index >= 15 is 0 Å². The van der Waals surface area contributed by atoms with E-state index in [1.165, 1.54) is 44.3 Å². The van der Waals surface area contributed by atoms with Crippen LogP contribution in [0.4, 0.5) is 0 Å². The van der Waals surface area contributed by atoms with Crippen LogP contribution in [-0.2, 0) is 0 Å². The fourth-order valence-electron chi connectivity index (χ4n) is 2.35. The van der Waals surface area contributed by atoms with Crippen molar-refractivity contribution in [2.45, 2.75) is 38.9 Å². The van der Waals surface area contributed by atoms with Gasteiger partial charge in [-0.2, -0.15) is 0 Å². The van der Waals surface area contributed by atoms with Crippen molar-refractivity contribution >= 4 is 53.2 Å². The minimum absolute atomic E-state index is 0.103. The minimum atomic E-state index is 0.103. The Kier molecular flexibility index (Phi) is 6.30. The molecule has 1 radical (unpaired) electrons. The highest BCUT2D eigenvalue weighted by Gasteiger charge is 2.02. The van der Waals surface area contributed by atoms with Crippen molar-refractivity contribution in [1.29, 1.82) is 0 Å². The summed E-state index contributed by atoms with van der Waals surface area (Å²) < 4.78 is 1.28. The van der Waals surface area contributed by atoms with E-state index in [-0.39, 0.29) is 8.80 Å². The Morgan fingerprint density at radius 2 is 1.71 bits per heavy atom. The van der Waals surface area contributed by atoms with Gasteiger partial charge in [-0.15, -0.1) is 0 Å². The number of hydrogen-bond donors (Lipinski definition) is 1. The van der Waals surface area contributed by atoms with Crippen molar-refractivity contribution in [1.82, 2.24) is 4.98 Å². The summed E-state index contributed by atoms with van der Waals surface area (Å²) in [5, 5.41) is 2.62. The predicted octanol–water partition coefficient (Wildman–Crippen LogP) is 6.47. The molecule has 1 nitrogen and oxygen atoms in total. The summed E-state index contributed by atoms with van der Waals surface area (Å²) in [6.45, 7) is 7.01. The van der Waals surface area contributed by atoms with Crippen LogP contribution in [0, 0.1) is 3.57 Å². The lowest BCUT2D eigenvalue weighted by Crippen LogP contribution is -1.96. The Hall–Kier alpha value is -0.813. The Balaban J connectivity index is 0.000000199. The van der Waals surface area contributed by atoms with Gasteiger partial charge in [0.2, 0.25) is 0 Å². The molecule has 0 amide bonds. The number of aromatic amines is 1. The zero-order valence-electron chi connectivity index (χ0n) is 13.0. The lowest BCUT2D eigenvalue weighted by Gasteiger charge is -1.96. The Bertz CT molecular complexity index is 703. The fraction of sp³-hybridized carbons (Fsp3) is 0.333. The van der Waals surface area contributed by atoms with E-state index in [0.717, 1.165) is 0 Å². The Morgan fingerprint density at radius 1 is 1.00 bits per heavy atom. The molecule has 0 aliphatic rings. The van der Waals surface area contributed by atoms with Gasteiger partial charge in [0.25, 0.3) is 0 Å². The van der Waals surface area contributed by atoms with Crippen molar-refractivity contribution in [3.8, 4) is 0 Å². The Labute approximate surface area is 142 Å². The molecule has 3 rings (SSSR count). The number of unbranched alkanes of at least 4 members (excludes halogenated alkanes) is 1. The normalized spacial score (nSPS) is 10.9. The highest BCUT2D eigenvalue weighted by atomic mass is 127. The van der Waals surface area contributed by atoms with Crippen molar-refractivity contribution in [2.24, 2.45) is 0 Å².